The molecule has 0 bridgehead atoms. The maximum absolute atomic E-state index is 4.88. The van der Waals surface area contributed by atoms with E-state index < -0.39 is 0 Å². The molecule has 21 heavy (non-hydrogen) atoms. The standard InChI is InChI=1S/C18H23N3/c1-4-11-19-17-13(3)16(15-8-6-5-7-12(15)2)20-18(21-17)14-9-10-14/h5-8,14H,4,9-11H2,1-3H3,(H,19,20,21). The topological polar surface area (TPSA) is 37.8 Å². The summed E-state index contributed by atoms with van der Waals surface area (Å²) in [6.45, 7) is 7.39. The molecule has 0 aliphatic heterocycles. The molecule has 1 N–H and O–H groups in total. The van der Waals surface area contributed by atoms with Crippen molar-refractivity contribution in [3.05, 3.63) is 41.2 Å². The summed E-state index contributed by atoms with van der Waals surface area (Å²) < 4.78 is 0. The minimum Gasteiger partial charge on any atom is -0.370 e. The quantitative estimate of drug-likeness (QED) is 0.879. The van der Waals surface area contributed by atoms with Crippen molar-refractivity contribution in [2.45, 2.75) is 46.0 Å². The molecule has 0 unspecified atom stereocenters. The fraction of sp³-hybridized carbons (Fsp3) is 0.444. The highest BCUT2D eigenvalue weighted by Crippen LogP contribution is 2.40. The Morgan fingerprint density at radius 2 is 1.90 bits per heavy atom. The molecule has 1 saturated carbocycles. The monoisotopic (exact) mass is 281 g/mol. The Bertz CT molecular complexity index is 645. The summed E-state index contributed by atoms with van der Waals surface area (Å²) in [5.41, 5.74) is 4.73. The van der Waals surface area contributed by atoms with Gasteiger partial charge in [-0.15, -0.1) is 0 Å². The first kappa shape index (κ1) is 14.1. The van der Waals surface area contributed by atoms with Crippen molar-refractivity contribution < 1.29 is 0 Å². The van der Waals surface area contributed by atoms with Crippen molar-refractivity contribution in [1.29, 1.82) is 0 Å². The van der Waals surface area contributed by atoms with Gasteiger partial charge in [0.25, 0.3) is 0 Å². The average Bonchev–Trinajstić information content (AvgIpc) is 3.32. The van der Waals surface area contributed by atoms with Crippen LogP contribution in [0.15, 0.2) is 24.3 Å². The zero-order chi connectivity index (χ0) is 14.8. The molecule has 3 nitrogen and oxygen atoms in total. The molecule has 0 radical (unpaired) electrons. The summed E-state index contributed by atoms with van der Waals surface area (Å²) in [5, 5.41) is 3.46. The Hall–Kier alpha value is -1.90. The van der Waals surface area contributed by atoms with Gasteiger partial charge in [-0.2, -0.15) is 0 Å². The molecule has 0 spiro atoms. The van der Waals surface area contributed by atoms with Crippen LogP contribution in [0, 0.1) is 13.8 Å². The van der Waals surface area contributed by atoms with E-state index in [1.165, 1.54) is 24.0 Å². The Morgan fingerprint density at radius 1 is 1.14 bits per heavy atom. The number of nitrogens with zero attached hydrogens (tertiary/aromatic N) is 2. The Morgan fingerprint density at radius 3 is 2.57 bits per heavy atom. The van der Waals surface area contributed by atoms with Gasteiger partial charge in [0.2, 0.25) is 0 Å². The first-order valence-corrected chi connectivity index (χ1v) is 7.89. The largest absolute Gasteiger partial charge is 0.370 e. The number of aryl methyl sites for hydroxylation is 1. The van der Waals surface area contributed by atoms with E-state index in [4.69, 9.17) is 9.97 Å². The third-order valence-corrected chi connectivity index (χ3v) is 4.05. The predicted molar refractivity (Wildman–Crippen MR) is 87.7 cm³/mol. The van der Waals surface area contributed by atoms with Gasteiger partial charge in [0, 0.05) is 23.6 Å². The van der Waals surface area contributed by atoms with E-state index in [1.54, 1.807) is 0 Å². The number of benzene rings is 1. The van der Waals surface area contributed by atoms with Crippen LogP contribution in [0.5, 0.6) is 0 Å². The Kier molecular flexibility index (Phi) is 3.91. The first-order valence-electron chi connectivity index (χ1n) is 7.89. The second kappa shape index (κ2) is 5.84. The fourth-order valence-electron chi connectivity index (χ4n) is 2.57. The van der Waals surface area contributed by atoms with E-state index >= 15 is 0 Å². The summed E-state index contributed by atoms with van der Waals surface area (Å²) in [7, 11) is 0. The molecular weight excluding hydrogens is 258 g/mol. The fourth-order valence-corrected chi connectivity index (χ4v) is 2.57. The third kappa shape index (κ3) is 2.92. The van der Waals surface area contributed by atoms with Gasteiger partial charge in [0.1, 0.15) is 11.6 Å². The molecule has 0 saturated heterocycles. The van der Waals surface area contributed by atoms with E-state index in [-0.39, 0.29) is 0 Å². The van der Waals surface area contributed by atoms with Gasteiger partial charge < -0.3 is 5.32 Å². The number of hydrogen-bond acceptors (Lipinski definition) is 3. The van der Waals surface area contributed by atoms with Gasteiger partial charge in [-0.3, -0.25) is 0 Å². The van der Waals surface area contributed by atoms with Crippen LogP contribution in [-0.4, -0.2) is 16.5 Å². The van der Waals surface area contributed by atoms with Crippen LogP contribution in [-0.2, 0) is 0 Å². The van der Waals surface area contributed by atoms with E-state index in [1.807, 2.05) is 0 Å². The molecule has 0 atom stereocenters. The lowest BCUT2D eigenvalue weighted by Gasteiger charge is -2.15. The van der Waals surface area contributed by atoms with Crippen molar-refractivity contribution in [3.8, 4) is 11.3 Å². The third-order valence-electron chi connectivity index (χ3n) is 4.05. The molecule has 1 fully saturated rings. The first-order chi connectivity index (χ1) is 10.2. The van der Waals surface area contributed by atoms with E-state index in [0.717, 1.165) is 35.9 Å². The molecule has 0 amide bonds. The number of nitrogens with one attached hydrogen (secondary N) is 1. The number of anilines is 1. The molecule has 1 aromatic heterocycles. The van der Waals surface area contributed by atoms with Gasteiger partial charge in [-0.25, -0.2) is 9.97 Å². The Balaban J connectivity index is 2.09. The summed E-state index contributed by atoms with van der Waals surface area (Å²) >= 11 is 0. The zero-order valence-electron chi connectivity index (χ0n) is 13.1. The average molecular weight is 281 g/mol. The minimum absolute atomic E-state index is 0.565. The van der Waals surface area contributed by atoms with E-state index in [9.17, 15) is 0 Å². The molecule has 1 heterocycles. The highest BCUT2D eigenvalue weighted by Gasteiger charge is 2.28. The van der Waals surface area contributed by atoms with Gasteiger partial charge >= 0.3 is 0 Å². The van der Waals surface area contributed by atoms with Crippen molar-refractivity contribution in [2.75, 3.05) is 11.9 Å². The Labute approximate surface area is 126 Å². The van der Waals surface area contributed by atoms with Crippen molar-refractivity contribution in [3.63, 3.8) is 0 Å². The van der Waals surface area contributed by atoms with Crippen LogP contribution < -0.4 is 5.32 Å². The van der Waals surface area contributed by atoms with Crippen LogP contribution >= 0.6 is 0 Å². The SMILES string of the molecule is CCCNc1nc(C2CC2)nc(-c2ccccc2C)c1C. The predicted octanol–water partition coefficient (Wildman–Crippen LogP) is 4.46. The highest BCUT2D eigenvalue weighted by atomic mass is 15.0. The number of rotatable bonds is 5. The summed E-state index contributed by atoms with van der Waals surface area (Å²) in [6.07, 6.45) is 3.55. The molecular formula is C18H23N3. The molecule has 1 aromatic carbocycles. The van der Waals surface area contributed by atoms with Crippen LogP contribution in [0.1, 0.15) is 49.1 Å². The minimum atomic E-state index is 0.565. The van der Waals surface area contributed by atoms with Crippen molar-refractivity contribution in [2.24, 2.45) is 0 Å². The normalized spacial score (nSPS) is 14.2. The zero-order valence-corrected chi connectivity index (χ0v) is 13.1. The van der Waals surface area contributed by atoms with Crippen LogP contribution in [0.3, 0.4) is 0 Å². The maximum atomic E-state index is 4.88. The van der Waals surface area contributed by atoms with E-state index in [0.29, 0.717) is 5.92 Å². The second-order valence-corrected chi connectivity index (χ2v) is 5.92. The van der Waals surface area contributed by atoms with Gasteiger partial charge in [-0.05, 0) is 38.7 Å². The molecule has 1 aliphatic rings. The van der Waals surface area contributed by atoms with Crippen LogP contribution in [0.25, 0.3) is 11.3 Å². The summed E-state index contributed by atoms with van der Waals surface area (Å²) in [5.74, 6) is 2.58. The maximum Gasteiger partial charge on any atom is 0.134 e. The highest BCUT2D eigenvalue weighted by molar-refractivity contribution is 5.71. The number of hydrogen-bond donors (Lipinski definition) is 1. The van der Waals surface area contributed by atoms with Gasteiger partial charge in [-0.1, -0.05) is 31.2 Å². The van der Waals surface area contributed by atoms with Crippen molar-refractivity contribution >= 4 is 5.82 Å². The van der Waals surface area contributed by atoms with Crippen LogP contribution in [0.2, 0.25) is 0 Å². The second-order valence-electron chi connectivity index (χ2n) is 5.92. The van der Waals surface area contributed by atoms with E-state index in [2.05, 4.69) is 50.4 Å². The lowest BCUT2D eigenvalue weighted by molar-refractivity contribution is 0.902. The smallest absolute Gasteiger partial charge is 0.134 e. The molecule has 2 aromatic rings. The summed E-state index contributed by atoms with van der Waals surface area (Å²) in [6, 6.07) is 8.46. The number of aromatic nitrogens is 2. The van der Waals surface area contributed by atoms with Gasteiger partial charge in [0.15, 0.2) is 0 Å². The summed E-state index contributed by atoms with van der Waals surface area (Å²) in [4.78, 5) is 9.65. The molecule has 3 rings (SSSR count). The molecule has 3 heteroatoms. The lowest BCUT2D eigenvalue weighted by Crippen LogP contribution is -2.09. The molecule has 110 valence electrons. The van der Waals surface area contributed by atoms with Gasteiger partial charge in [0.05, 0.1) is 5.69 Å². The van der Waals surface area contributed by atoms with Crippen LogP contribution in [0.4, 0.5) is 5.82 Å². The lowest BCUT2D eigenvalue weighted by atomic mass is 10.0. The van der Waals surface area contributed by atoms with Crippen molar-refractivity contribution in [1.82, 2.24) is 9.97 Å². The molecule has 1 aliphatic carbocycles.